The van der Waals surface area contributed by atoms with E-state index in [0.29, 0.717) is 5.56 Å². The second-order valence-electron chi connectivity index (χ2n) is 7.51. The van der Waals surface area contributed by atoms with Crippen molar-refractivity contribution in [3.8, 4) is 28.1 Å². The molecule has 0 saturated carbocycles. The van der Waals surface area contributed by atoms with Gasteiger partial charge < -0.3 is 9.64 Å². The number of benzene rings is 2. The zero-order valence-electron chi connectivity index (χ0n) is 16.6. The molecule has 5 rings (SSSR count). The van der Waals surface area contributed by atoms with Gasteiger partial charge in [0.2, 0.25) is 0 Å². The van der Waals surface area contributed by atoms with E-state index in [2.05, 4.69) is 46.2 Å². The molecule has 1 fully saturated rings. The minimum Gasteiger partial charge on any atom is -0.370 e. The number of hydrogen-bond acceptors (Lipinski definition) is 3. The van der Waals surface area contributed by atoms with E-state index in [1.54, 1.807) is 17.4 Å². The number of halogens is 1. The van der Waals surface area contributed by atoms with Crippen molar-refractivity contribution >= 4 is 11.3 Å². The molecule has 2 aromatic carbocycles. The van der Waals surface area contributed by atoms with Crippen LogP contribution in [0.5, 0.6) is 0 Å². The van der Waals surface area contributed by atoms with Gasteiger partial charge in [0.25, 0.3) is 0 Å². The van der Waals surface area contributed by atoms with Crippen molar-refractivity contribution in [1.29, 1.82) is 0 Å². The molecule has 4 aromatic rings. The molecule has 4 nitrogen and oxygen atoms in total. The van der Waals surface area contributed by atoms with Gasteiger partial charge in [-0.1, -0.05) is 24.3 Å². The molecular formula is C24H23FN3OS+. The highest BCUT2D eigenvalue weighted by molar-refractivity contribution is 7.08. The van der Waals surface area contributed by atoms with Crippen LogP contribution in [0.4, 0.5) is 4.39 Å². The second-order valence-corrected chi connectivity index (χ2v) is 8.29. The maximum Gasteiger partial charge on any atom is 0.132 e. The lowest BCUT2D eigenvalue weighted by Gasteiger charge is -2.23. The standard InChI is InChI=1S/C24H22FN3OS/c25-23-4-2-1-3-22(23)24-20(16-27-10-12-29-13-11-27)15-26-28(24)21-7-5-18(6-8-21)19-9-14-30-17-19/h1-9,14-15,17H,10-13,16H2/p+1. The summed E-state index contributed by atoms with van der Waals surface area (Å²) in [4.78, 5) is 1.44. The Labute approximate surface area is 179 Å². The summed E-state index contributed by atoms with van der Waals surface area (Å²) in [6.45, 7) is 4.25. The third-order valence-electron chi connectivity index (χ3n) is 5.58. The number of aromatic nitrogens is 2. The lowest BCUT2D eigenvalue weighted by atomic mass is 10.1. The third kappa shape index (κ3) is 3.81. The quantitative estimate of drug-likeness (QED) is 0.532. The summed E-state index contributed by atoms with van der Waals surface area (Å²) in [5.74, 6) is -0.229. The molecule has 0 aliphatic carbocycles. The minimum atomic E-state index is -0.229. The average molecular weight is 421 g/mol. The molecule has 2 aromatic heterocycles. The first-order valence-electron chi connectivity index (χ1n) is 10.2. The monoisotopic (exact) mass is 420 g/mol. The Bertz CT molecular complexity index is 1120. The van der Waals surface area contributed by atoms with Crippen LogP contribution in [-0.4, -0.2) is 36.1 Å². The van der Waals surface area contributed by atoms with E-state index in [-0.39, 0.29) is 5.82 Å². The molecular weight excluding hydrogens is 397 g/mol. The average Bonchev–Trinajstić information content (AvgIpc) is 3.46. The second kappa shape index (κ2) is 8.52. The zero-order valence-corrected chi connectivity index (χ0v) is 17.4. The van der Waals surface area contributed by atoms with Crippen molar-refractivity contribution in [1.82, 2.24) is 9.78 Å². The van der Waals surface area contributed by atoms with Crippen LogP contribution in [0.25, 0.3) is 28.1 Å². The number of quaternary nitrogens is 1. The number of hydrogen-bond donors (Lipinski definition) is 1. The van der Waals surface area contributed by atoms with E-state index >= 15 is 0 Å². The number of nitrogens with zero attached hydrogens (tertiary/aromatic N) is 2. The fourth-order valence-corrected chi connectivity index (χ4v) is 4.64. The van der Waals surface area contributed by atoms with Gasteiger partial charge >= 0.3 is 0 Å². The van der Waals surface area contributed by atoms with Crippen molar-refractivity contribution in [2.45, 2.75) is 6.54 Å². The Morgan fingerprint density at radius 2 is 1.80 bits per heavy atom. The molecule has 0 spiro atoms. The van der Waals surface area contributed by atoms with E-state index in [9.17, 15) is 4.39 Å². The predicted octanol–water partition coefficient (Wildman–Crippen LogP) is 3.82. The normalized spacial score (nSPS) is 14.8. The van der Waals surface area contributed by atoms with E-state index in [1.807, 2.05) is 23.0 Å². The molecule has 3 heterocycles. The highest BCUT2D eigenvalue weighted by Gasteiger charge is 2.22. The Morgan fingerprint density at radius 1 is 1.00 bits per heavy atom. The number of rotatable bonds is 5. The Balaban J connectivity index is 1.55. The highest BCUT2D eigenvalue weighted by atomic mass is 32.1. The Morgan fingerprint density at radius 3 is 2.53 bits per heavy atom. The number of morpholine rings is 1. The molecule has 6 heteroatoms. The molecule has 1 aliphatic heterocycles. The van der Waals surface area contributed by atoms with Gasteiger partial charge in [0, 0.05) is 5.56 Å². The minimum absolute atomic E-state index is 0.229. The third-order valence-corrected chi connectivity index (χ3v) is 6.26. The summed E-state index contributed by atoms with van der Waals surface area (Å²) in [5, 5.41) is 8.88. The molecule has 1 aliphatic rings. The van der Waals surface area contributed by atoms with Crippen LogP contribution < -0.4 is 4.90 Å². The number of thiophene rings is 1. The molecule has 1 saturated heterocycles. The van der Waals surface area contributed by atoms with Gasteiger partial charge in [-0.15, -0.1) is 0 Å². The summed E-state index contributed by atoms with van der Waals surface area (Å²) in [6, 6.07) is 17.3. The van der Waals surface area contributed by atoms with Crippen molar-refractivity contribution in [2.75, 3.05) is 26.3 Å². The molecule has 0 bridgehead atoms. The summed E-state index contributed by atoms with van der Waals surface area (Å²) in [5.41, 5.74) is 5.76. The van der Waals surface area contributed by atoms with Crippen LogP contribution in [-0.2, 0) is 11.3 Å². The predicted molar refractivity (Wildman–Crippen MR) is 117 cm³/mol. The summed E-state index contributed by atoms with van der Waals surface area (Å²) in [7, 11) is 0. The van der Waals surface area contributed by atoms with Crippen molar-refractivity contribution < 1.29 is 14.0 Å². The van der Waals surface area contributed by atoms with Gasteiger partial charge in [-0.05, 0) is 52.2 Å². The van der Waals surface area contributed by atoms with E-state index < -0.39 is 0 Å². The molecule has 0 radical (unpaired) electrons. The van der Waals surface area contributed by atoms with Gasteiger partial charge in [-0.3, -0.25) is 0 Å². The first-order chi connectivity index (χ1) is 14.8. The molecule has 0 atom stereocenters. The molecule has 30 heavy (non-hydrogen) atoms. The van der Waals surface area contributed by atoms with Crippen molar-refractivity contribution in [2.24, 2.45) is 0 Å². The van der Waals surface area contributed by atoms with Gasteiger partial charge in [0.05, 0.1) is 36.4 Å². The SMILES string of the molecule is Fc1ccccc1-c1c(C[NH+]2CCOCC2)cnn1-c1ccc(-c2ccsc2)cc1. The van der Waals surface area contributed by atoms with Crippen LogP contribution in [0.3, 0.4) is 0 Å². The summed E-state index contributed by atoms with van der Waals surface area (Å²) in [6.07, 6.45) is 1.89. The smallest absolute Gasteiger partial charge is 0.132 e. The molecule has 1 N–H and O–H groups in total. The topological polar surface area (TPSA) is 31.5 Å². The fraction of sp³-hybridized carbons (Fsp3) is 0.208. The van der Waals surface area contributed by atoms with Gasteiger partial charge in [-0.25, -0.2) is 9.07 Å². The Kier molecular flexibility index (Phi) is 5.45. The maximum absolute atomic E-state index is 14.8. The zero-order chi connectivity index (χ0) is 20.3. The molecule has 0 unspecified atom stereocenters. The van der Waals surface area contributed by atoms with Crippen LogP contribution in [0.1, 0.15) is 5.56 Å². The highest BCUT2D eigenvalue weighted by Crippen LogP contribution is 2.30. The fourth-order valence-electron chi connectivity index (χ4n) is 3.98. The van der Waals surface area contributed by atoms with Gasteiger partial charge in [0.1, 0.15) is 25.5 Å². The van der Waals surface area contributed by atoms with Crippen LogP contribution in [0.15, 0.2) is 71.6 Å². The van der Waals surface area contributed by atoms with Crippen LogP contribution >= 0.6 is 11.3 Å². The van der Waals surface area contributed by atoms with Crippen molar-refractivity contribution in [3.63, 3.8) is 0 Å². The van der Waals surface area contributed by atoms with Crippen LogP contribution in [0, 0.1) is 5.82 Å². The number of nitrogens with one attached hydrogen (secondary N) is 1. The lowest BCUT2D eigenvalue weighted by molar-refractivity contribution is -0.921. The van der Waals surface area contributed by atoms with E-state index in [4.69, 9.17) is 4.74 Å². The molecule has 152 valence electrons. The van der Waals surface area contributed by atoms with Crippen molar-refractivity contribution in [3.05, 3.63) is 82.9 Å². The van der Waals surface area contributed by atoms with Gasteiger partial charge in [-0.2, -0.15) is 16.4 Å². The first-order valence-corrected chi connectivity index (χ1v) is 11.1. The summed E-state index contributed by atoms with van der Waals surface area (Å²) >= 11 is 1.69. The van der Waals surface area contributed by atoms with E-state index in [0.717, 1.165) is 55.4 Å². The Hall–Kier alpha value is -2.80. The number of ether oxygens (including phenoxy) is 1. The lowest BCUT2D eigenvalue weighted by Crippen LogP contribution is -3.12. The first kappa shape index (κ1) is 19.2. The molecule has 0 amide bonds. The largest absolute Gasteiger partial charge is 0.370 e. The van der Waals surface area contributed by atoms with Gasteiger partial charge in [0.15, 0.2) is 0 Å². The van der Waals surface area contributed by atoms with Crippen LogP contribution in [0.2, 0.25) is 0 Å². The van der Waals surface area contributed by atoms with E-state index in [1.165, 1.54) is 16.5 Å². The maximum atomic E-state index is 14.8. The summed E-state index contributed by atoms with van der Waals surface area (Å²) < 4.78 is 22.1.